The summed E-state index contributed by atoms with van der Waals surface area (Å²) in [5, 5.41) is 18.4. The van der Waals surface area contributed by atoms with Crippen molar-refractivity contribution in [3.63, 3.8) is 0 Å². The normalized spacial score (nSPS) is 11.7. The molecule has 0 bridgehead atoms. The largest absolute Gasteiger partial charge is 0.463 e. The van der Waals surface area contributed by atoms with Crippen LogP contribution < -0.4 is 16.0 Å². The number of benzene rings is 1. The lowest BCUT2D eigenvalue weighted by Gasteiger charge is -2.09. The number of nitro groups is 1. The Balaban J connectivity index is 1.61. The summed E-state index contributed by atoms with van der Waals surface area (Å²) in [6, 6.07) is 9.94. The van der Waals surface area contributed by atoms with Crippen molar-refractivity contribution in [2.45, 2.75) is 13.0 Å². The first-order chi connectivity index (χ1) is 11.6. The van der Waals surface area contributed by atoms with Gasteiger partial charge in [-0.2, -0.15) is 0 Å². The third kappa shape index (κ3) is 5.40. The first-order valence-corrected chi connectivity index (χ1v) is 7.68. The molecule has 0 aliphatic rings. The number of nitrogens with zero attached hydrogens (tertiary/aromatic N) is 1. The van der Waals surface area contributed by atoms with E-state index in [1.54, 1.807) is 18.4 Å². The number of carbonyl (C=O) groups excluding carboxylic acids is 1. The van der Waals surface area contributed by atoms with Crippen molar-refractivity contribution in [1.82, 2.24) is 5.32 Å². The number of nitrogens with two attached hydrogens (primary N) is 1. The van der Waals surface area contributed by atoms with Crippen LogP contribution >= 0.6 is 0 Å². The van der Waals surface area contributed by atoms with E-state index in [0.29, 0.717) is 19.6 Å². The van der Waals surface area contributed by atoms with Gasteiger partial charge in [-0.05, 0) is 31.2 Å². The van der Waals surface area contributed by atoms with Gasteiger partial charge in [0.05, 0.1) is 11.2 Å². The quantitative estimate of drug-likeness (QED) is 0.360. The Labute approximate surface area is 139 Å². The summed E-state index contributed by atoms with van der Waals surface area (Å²) < 4.78 is 5.28. The van der Waals surface area contributed by atoms with E-state index in [-0.39, 0.29) is 17.6 Å². The Bertz CT molecular complexity index is 655. The molecule has 2 aromatic rings. The Morgan fingerprint density at radius 3 is 2.67 bits per heavy atom. The molecular formula is C16H21N4O4+. The molecule has 0 aliphatic heterocycles. The minimum absolute atomic E-state index is 0.0510. The number of amides is 1. The molecule has 1 heterocycles. The van der Waals surface area contributed by atoms with Gasteiger partial charge in [-0.3, -0.25) is 14.9 Å². The Morgan fingerprint density at radius 1 is 1.29 bits per heavy atom. The number of nitrogens with one attached hydrogen (secondary N) is 2. The molecular weight excluding hydrogens is 312 g/mol. The van der Waals surface area contributed by atoms with Gasteiger partial charge >= 0.3 is 0 Å². The number of hydrogen-bond donors (Lipinski definition) is 3. The van der Waals surface area contributed by atoms with Crippen LogP contribution in [0.15, 0.2) is 47.1 Å². The molecule has 2 rings (SSSR count). The van der Waals surface area contributed by atoms with E-state index in [0.717, 1.165) is 11.4 Å². The topological polar surface area (TPSA) is 114 Å². The zero-order valence-electron chi connectivity index (χ0n) is 13.4. The minimum atomic E-state index is -0.440. The molecule has 128 valence electrons. The fourth-order valence-corrected chi connectivity index (χ4v) is 2.13. The van der Waals surface area contributed by atoms with Gasteiger partial charge in [-0.25, -0.2) is 0 Å². The highest BCUT2D eigenvalue weighted by atomic mass is 16.6. The number of quaternary nitrogens is 1. The van der Waals surface area contributed by atoms with Crippen molar-refractivity contribution in [2.24, 2.45) is 0 Å². The molecule has 8 nitrogen and oxygen atoms in total. The van der Waals surface area contributed by atoms with Crippen LogP contribution in [0.4, 0.5) is 11.4 Å². The molecule has 24 heavy (non-hydrogen) atoms. The molecule has 0 unspecified atom stereocenters. The van der Waals surface area contributed by atoms with Crippen LogP contribution in [0, 0.1) is 10.1 Å². The number of rotatable bonds is 9. The predicted molar refractivity (Wildman–Crippen MR) is 88.5 cm³/mol. The highest BCUT2D eigenvalue weighted by Crippen LogP contribution is 2.14. The average molecular weight is 333 g/mol. The molecule has 0 saturated heterocycles. The lowest BCUT2D eigenvalue weighted by Crippen LogP contribution is -2.87. The van der Waals surface area contributed by atoms with Gasteiger partial charge < -0.3 is 20.4 Å². The number of carbonyl (C=O) groups is 1. The predicted octanol–water partition coefficient (Wildman–Crippen LogP) is 1.04. The van der Waals surface area contributed by atoms with E-state index < -0.39 is 4.92 Å². The van der Waals surface area contributed by atoms with Crippen molar-refractivity contribution in [3.8, 4) is 0 Å². The van der Waals surface area contributed by atoms with Crippen molar-refractivity contribution in [1.29, 1.82) is 0 Å². The number of anilines is 1. The molecule has 0 aliphatic carbocycles. The smallest absolute Gasteiger partial charge is 0.275 e. The molecule has 1 amide bonds. The number of nitro benzene ring substituents is 1. The Kier molecular flexibility index (Phi) is 6.32. The average Bonchev–Trinajstić information content (AvgIpc) is 3.11. The first kappa shape index (κ1) is 17.5. The molecule has 0 spiro atoms. The van der Waals surface area contributed by atoms with Crippen molar-refractivity contribution < 1.29 is 19.5 Å². The maximum absolute atomic E-state index is 11.8. The van der Waals surface area contributed by atoms with Gasteiger partial charge in [-0.15, -0.1) is 0 Å². The second-order valence-electron chi connectivity index (χ2n) is 5.32. The maximum Gasteiger partial charge on any atom is 0.275 e. The number of non-ortho nitro benzene ring substituents is 1. The molecule has 1 aromatic heterocycles. The van der Waals surface area contributed by atoms with Gasteiger partial charge in [0.1, 0.15) is 6.04 Å². The zero-order chi connectivity index (χ0) is 17.4. The fraction of sp³-hybridized carbons (Fsp3) is 0.312. The second-order valence-corrected chi connectivity index (χ2v) is 5.32. The summed E-state index contributed by atoms with van der Waals surface area (Å²) >= 11 is 0. The van der Waals surface area contributed by atoms with E-state index in [9.17, 15) is 14.9 Å². The van der Waals surface area contributed by atoms with Gasteiger partial charge in [0.2, 0.25) is 0 Å². The van der Waals surface area contributed by atoms with Gasteiger partial charge in [-0.1, -0.05) is 0 Å². The van der Waals surface area contributed by atoms with Crippen LogP contribution in [-0.4, -0.2) is 30.5 Å². The Morgan fingerprint density at radius 2 is 2.04 bits per heavy atom. The summed E-state index contributed by atoms with van der Waals surface area (Å²) in [6.45, 7) is 3.30. The van der Waals surface area contributed by atoms with Crippen LogP contribution in [0.1, 0.15) is 18.7 Å². The van der Waals surface area contributed by atoms with Crippen LogP contribution in [0.25, 0.3) is 0 Å². The van der Waals surface area contributed by atoms with E-state index >= 15 is 0 Å². The van der Waals surface area contributed by atoms with E-state index in [1.807, 2.05) is 24.4 Å². The number of furan rings is 1. The fourth-order valence-electron chi connectivity index (χ4n) is 2.13. The maximum atomic E-state index is 11.8. The highest BCUT2D eigenvalue weighted by Gasteiger charge is 2.13. The molecule has 0 saturated carbocycles. The summed E-state index contributed by atoms with van der Waals surface area (Å²) in [6.07, 6.45) is 1.61. The van der Waals surface area contributed by atoms with Crippen LogP contribution in [0.5, 0.6) is 0 Å². The summed E-state index contributed by atoms with van der Waals surface area (Å²) in [4.78, 5) is 21.9. The molecule has 1 atom stereocenters. The third-order valence-electron chi connectivity index (χ3n) is 3.50. The van der Waals surface area contributed by atoms with Gasteiger partial charge in [0.15, 0.2) is 12.3 Å². The molecule has 4 N–H and O–H groups in total. The monoisotopic (exact) mass is 333 g/mol. The summed E-state index contributed by atoms with van der Waals surface area (Å²) in [7, 11) is 0. The summed E-state index contributed by atoms with van der Waals surface area (Å²) in [5.74, 6) is 0.779. The van der Waals surface area contributed by atoms with E-state index in [1.165, 1.54) is 12.1 Å². The molecule has 8 heteroatoms. The first-order valence-electron chi connectivity index (χ1n) is 7.68. The minimum Gasteiger partial charge on any atom is -0.463 e. The standard InChI is InChI=1S/C16H20N4O4/c1-12(15-3-2-10-24-15)19-11-16(21)18-9-8-17-13-4-6-14(7-5-13)20(22)23/h2-7,10,12,17,19H,8-9,11H2,1H3,(H,18,21)/p+1/t12-/m1/s1. The lowest BCUT2D eigenvalue weighted by atomic mass is 10.2. The third-order valence-corrected chi connectivity index (χ3v) is 3.50. The lowest BCUT2D eigenvalue weighted by molar-refractivity contribution is -0.684. The molecule has 0 fully saturated rings. The van der Waals surface area contributed by atoms with Crippen molar-refractivity contribution in [2.75, 3.05) is 25.0 Å². The van der Waals surface area contributed by atoms with Crippen LogP contribution in [0.3, 0.4) is 0 Å². The van der Waals surface area contributed by atoms with Crippen molar-refractivity contribution in [3.05, 3.63) is 58.5 Å². The highest BCUT2D eigenvalue weighted by molar-refractivity contribution is 5.76. The van der Waals surface area contributed by atoms with Gasteiger partial charge in [0.25, 0.3) is 11.6 Å². The molecule has 1 aromatic carbocycles. The Hall–Kier alpha value is -2.87. The SMILES string of the molecule is C[C@@H]([NH2+]CC(=O)NCCNc1ccc([N+](=O)[O-])cc1)c1ccco1. The van der Waals surface area contributed by atoms with E-state index in [2.05, 4.69) is 10.6 Å². The van der Waals surface area contributed by atoms with Crippen LogP contribution in [-0.2, 0) is 4.79 Å². The number of hydrogen-bond acceptors (Lipinski definition) is 5. The van der Waals surface area contributed by atoms with Gasteiger partial charge in [0, 0.05) is 30.9 Å². The van der Waals surface area contributed by atoms with Crippen molar-refractivity contribution >= 4 is 17.3 Å². The van der Waals surface area contributed by atoms with E-state index in [4.69, 9.17) is 4.42 Å². The zero-order valence-corrected chi connectivity index (χ0v) is 13.4. The second kappa shape index (κ2) is 8.68. The molecule has 0 radical (unpaired) electrons. The van der Waals surface area contributed by atoms with Crippen LogP contribution in [0.2, 0.25) is 0 Å². The summed E-state index contributed by atoms with van der Waals surface area (Å²) in [5.41, 5.74) is 0.822.